The molecule has 0 aromatic heterocycles. The van der Waals surface area contributed by atoms with Gasteiger partial charge in [0.05, 0.1) is 0 Å². The number of carboxylic acids is 1. The van der Waals surface area contributed by atoms with E-state index in [1.54, 1.807) is 0 Å². The third kappa shape index (κ3) is 104. The minimum atomic E-state index is -0.981. The van der Waals surface area contributed by atoms with Crippen LogP contribution in [-0.2, 0) is 9.59 Å². The molecule has 0 unspecified atom stereocenters. The normalized spacial score (nSPS) is 5.50. The molecule has 66 valence electrons. The van der Waals surface area contributed by atoms with E-state index in [4.69, 9.17) is 10.4 Å². The Bertz CT molecular complexity index is 166. The molecule has 0 radical (unpaired) electrons. The number of nitriles is 1. The van der Waals surface area contributed by atoms with Gasteiger partial charge in [-0.3, -0.25) is 4.79 Å². The summed E-state index contributed by atoms with van der Waals surface area (Å²) in [5.74, 6) is -1.46. The van der Waals surface area contributed by atoms with Gasteiger partial charge in [0, 0.05) is 12.6 Å². The molecule has 0 bridgehead atoms. The van der Waals surface area contributed by atoms with Gasteiger partial charge < -0.3 is 10.8 Å². The number of carbonyl (C=O) groups is 2. The zero-order valence-electron chi connectivity index (χ0n) is 6.43. The molecule has 5 nitrogen and oxygen atoms in total. The number of carboxylic acid groups (broad SMARTS) is 1. The van der Waals surface area contributed by atoms with Crippen molar-refractivity contribution in [2.45, 2.75) is 0 Å². The number of amides is 1. The molecule has 0 spiro atoms. The second-order valence-corrected chi connectivity index (χ2v) is 1.15. The molecule has 5 heteroatoms. The highest BCUT2D eigenvalue weighted by atomic mass is 16.4. The first-order valence-electron chi connectivity index (χ1n) is 2.57. The molecule has 0 aromatic rings. The van der Waals surface area contributed by atoms with Gasteiger partial charge in [-0.05, 0) is 6.08 Å². The van der Waals surface area contributed by atoms with Crippen molar-refractivity contribution in [3.63, 3.8) is 0 Å². The van der Waals surface area contributed by atoms with Crippen LogP contribution in [-0.4, -0.2) is 17.0 Å². The molecule has 0 aliphatic rings. The summed E-state index contributed by atoms with van der Waals surface area (Å²) < 4.78 is 0. The van der Waals surface area contributed by atoms with Crippen molar-refractivity contribution in [2.75, 3.05) is 0 Å². The van der Waals surface area contributed by atoms with Crippen LogP contribution in [0.4, 0.5) is 0 Å². The van der Waals surface area contributed by atoms with Crippen LogP contribution in [0.25, 0.3) is 0 Å². The maximum Gasteiger partial charge on any atom is 0.327 e. The fourth-order valence-electron chi connectivity index (χ4n) is 0. The van der Waals surface area contributed by atoms with E-state index in [-0.39, 0.29) is 0 Å². The third-order valence-corrected chi connectivity index (χ3v) is 0.376. The van der Waals surface area contributed by atoms with Crippen LogP contribution < -0.4 is 5.73 Å². The predicted molar refractivity (Wildman–Crippen MR) is 43.9 cm³/mol. The number of hydrogen-bond acceptors (Lipinski definition) is 3. The quantitative estimate of drug-likeness (QED) is 0.571. The highest BCUT2D eigenvalue weighted by Crippen LogP contribution is 1.54. The van der Waals surface area contributed by atoms with E-state index in [0.717, 1.165) is 12.2 Å². The fourth-order valence-corrected chi connectivity index (χ4v) is 0. The second kappa shape index (κ2) is 16.0. The maximum atomic E-state index is 9.47. The molecule has 0 saturated carbocycles. The monoisotopic (exact) mass is 170 g/mol. The number of carbonyl (C=O) groups excluding carboxylic acids is 1. The molecule has 3 N–H and O–H groups in total. The average molecular weight is 170 g/mol. The van der Waals surface area contributed by atoms with E-state index in [1.807, 2.05) is 0 Å². The van der Waals surface area contributed by atoms with Crippen molar-refractivity contribution < 1.29 is 14.7 Å². The first-order chi connectivity index (χ1) is 5.54. The van der Waals surface area contributed by atoms with Crippen molar-refractivity contribution in [1.29, 1.82) is 5.26 Å². The van der Waals surface area contributed by atoms with E-state index in [1.165, 1.54) is 0 Å². The summed E-state index contributed by atoms with van der Waals surface area (Å²) in [5.41, 5.74) is 4.53. The molecular formula is C7H10N2O3. The minimum Gasteiger partial charge on any atom is -0.478 e. The molecule has 0 saturated heterocycles. The summed E-state index contributed by atoms with van der Waals surface area (Å²) in [5, 5.41) is 14.1. The Morgan fingerprint density at radius 3 is 1.50 bits per heavy atom. The average Bonchev–Trinajstić information content (AvgIpc) is 2.09. The van der Waals surface area contributed by atoms with Crippen molar-refractivity contribution in [2.24, 2.45) is 5.73 Å². The number of nitrogens with zero attached hydrogens (tertiary/aromatic N) is 1. The zero-order chi connectivity index (χ0) is 10.6. The largest absolute Gasteiger partial charge is 0.478 e. The van der Waals surface area contributed by atoms with E-state index in [9.17, 15) is 9.59 Å². The van der Waals surface area contributed by atoms with E-state index in [2.05, 4.69) is 25.5 Å². The summed E-state index contributed by atoms with van der Waals surface area (Å²) in [7, 11) is 0. The zero-order valence-corrected chi connectivity index (χ0v) is 6.43. The van der Waals surface area contributed by atoms with Crippen LogP contribution in [0.15, 0.2) is 25.3 Å². The maximum absolute atomic E-state index is 9.47. The van der Waals surface area contributed by atoms with E-state index in [0.29, 0.717) is 0 Å². The van der Waals surface area contributed by atoms with Gasteiger partial charge >= 0.3 is 5.97 Å². The van der Waals surface area contributed by atoms with Gasteiger partial charge in [-0.1, -0.05) is 13.2 Å². The Morgan fingerprint density at radius 2 is 1.50 bits per heavy atom. The van der Waals surface area contributed by atoms with Crippen LogP contribution >= 0.6 is 0 Å². The second-order valence-electron chi connectivity index (χ2n) is 1.15. The lowest BCUT2D eigenvalue weighted by Crippen LogP contribution is -2.04. The number of nitrogens with two attached hydrogens (primary N) is 1. The van der Waals surface area contributed by atoms with Gasteiger partial charge in [-0.25, -0.2) is 10.1 Å². The lowest BCUT2D eigenvalue weighted by molar-refractivity contribution is -0.131. The van der Waals surface area contributed by atoms with Gasteiger partial charge in [-0.15, -0.1) is 0 Å². The van der Waals surface area contributed by atoms with Crippen molar-refractivity contribution in [3.8, 4) is 6.57 Å². The lowest BCUT2D eigenvalue weighted by Gasteiger charge is -1.65. The number of rotatable bonds is 2. The molecular weight excluding hydrogens is 160 g/mol. The van der Waals surface area contributed by atoms with Crippen molar-refractivity contribution in [1.82, 2.24) is 0 Å². The van der Waals surface area contributed by atoms with Crippen LogP contribution in [0, 0.1) is 11.8 Å². The Morgan fingerprint density at radius 1 is 1.33 bits per heavy atom. The summed E-state index contributed by atoms with van der Waals surface area (Å²) in [6.45, 7) is 9.55. The highest BCUT2D eigenvalue weighted by molar-refractivity contribution is 5.84. The predicted octanol–water partition coefficient (Wildman–Crippen LogP) is 0.0545. The van der Waals surface area contributed by atoms with Gasteiger partial charge in [0.25, 0.3) is 0 Å². The number of hydrogen-bond donors (Lipinski definition) is 2. The standard InChI is InChI=1S/C3H5NO.C3H4O2.CHN/c2*1-2-3(4)5;1-2/h2H,1H2,(H2,4,5);2H,1H2,(H,4,5);1H. The molecule has 12 heavy (non-hydrogen) atoms. The van der Waals surface area contributed by atoms with Gasteiger partial charge in [0.2, 0.25) is 5.91 Å². The molecule has 0 aliphatic heterocycles. The highest BCUT2D eigenvalue weighted by Gasteiger charge is 1.73. The Balaban J connectivity index is -0.000000112. The Hall–Kier alpha value is -2.09. The van der Waals surface area contributed by atoms with Gasteiger partial charge in [0.1, 0.15) is 0 Å². The van der Waals surface area contributed by atoms with Gasteiger partial charge in [-0.2, -0.15) is 0 Å². The minimum absolute atomic E-state index is 0.481. The molecule has 1 amide bonds. The van der Waals surface area contributed by atoms with Crippen LogP contribution in [0.5, 0.6) is 0 Å². The van der Waals surface area contributed by atoms with E-state index < -0.39 is 11.9 Å². The molecule has 0 aromatic carbocycles. The molecule has 0 fully saturated rings. The molecule has 0 heterocycles. The first-order valence-corrected chi connectivity index (χ1v) is 2.57. The van der Waals surface area contributed by atoms with Crippen LogP contribution in [0.1, 0.15) is 0 Å². The smallest absolute Gasteiger partial charge is 0.327 e. The first kappa shape index (κ1) is 16.5. The Kier molecular flexibility index (Phi) is 21.9. The van der Waals surface area contributed by atoms with Gasteiger partial charge in [0.15, 0.2) is 0 Å². The van der Waals surface area contributed by atoms with Crippen LogP contribution in [0.3, 0.4) is 0 Å². The third-order valence-electron chi connectivity index (χ3n) is 0.376. The summed E-state index contributed by atoms with van der Waals surface area (Å²) in [6, 6.07) is 0. The van der Waals surface area contributed by atoms with Crippen LogP contribution in [0.2, 0.25) is 0 Å². The number of primary amides is 1. The Labute approximate surface area is 70.4 Å². The summed E-state index contributed by atoms with van der Waals surface area (Å²) >= 11 is 0. The summed E-state index contributed by atoms with van der Waals surface area (Å²) in [4.78, 5) is 18.7. The van der Waals surface area contributed by atoms with E-state index >= 15 is 0 Å². The fraction of sp³-hybridized carbons (Fsp3) is 0. The molecule has 0 rings (SSSR count). The summed E-state index contributed by atoms with van der Waals surface area (Å²) in [6.07, 6.45) is 1.89. The SMILES string of the molecule is C#N.C=CC(=O)O.C=CC(N)=O. The molecule has 0 aliphatic carbocycles. The molecule has 0 atom stereocenters. The van der Waals surface area contributed by atoms with Crippen molar-refractivity contribution in [3.05, 3.63) is 25.3 Å². The van der Waals surface area contributed by atoms with Crippen molar-refractivity contribution >= 4 is 11.9 Å². The number of aliphatic carboxylic acids is 1. The lowest BCUT2D eigenvalue weighted by atomic mass is 10.6. The topological polar surface area (TPSA) is 104 Å².